The summed E-state index contributed by atoms with van der Waals surface area (Å²) < 4.78 is 27.9. The first-order valence-electron chi connectivity index (χ1n) is 6.40. The first-order chi connectivity index (χ1) is 9.47. The highest BCUT2D eigenvalue weighted by Crippen LogP contribution is 2.19. The highest BCUT2D eigenvalue weighted by atomic mass is 79.9. The molecule has 0 saturated carbocycles. The minimum absolute atomic E-state index is 0.0480. The molecule has 0 spiro atoms. The van der Waals surface area contributed by atoms with E-state index in [1.165, 1.54) is 12.1 Å². The average Bonchev–Trinajstić information content (AvgIpc) is 2.40. The van der Waals surface area contributed by atoms with Gasteiger partial charge in [0.2, 0.25) is 0 Å². The van der Waals surface area contributed by atoms with E-state index in [0.29, 0.717) is 22.1 Å². The minimum atomic E-state index is -0.255. The van der Waals surface area contributed by atoms with E-state index in [0.717, 1.165) is 5.56 Å². The van der Waals surface area contributed by atoms with Crippen molar-refractivity contribution in [1.29, 1.82) is 0 Å². The molecule has 1 atom stereocenters. The van der Waals surface area contributed by atoms with Gasteiger partial charge in [-0.25, -0.2) is 8.78 Å². The van der Waals surface area contributed by atoms with Crippen molar-refractivity contribution in [2.75, 3.05) is 0 Å². The van der Waals surface area contributed by atoms with Gasteiger partial charge < -0.3 is 5.32 Å². The summed E-state index contributed by atoms with van der Waals surface area (Å²) in [5, 5.41) is 3.20. The van der Waals surface area contributed by atoms with Crippen LogP contribution in [0, 0.1) is 18.6 Å². The summed E-state index contributed by atoms with van der Waals surface area (Å²) in [6.07, 6.45) is 0. The van der Waals surface area contributed by atoms with Gasteiger partial charge in [-0.1, -0.05) is 34.1 Å². The molecule has 1 nitrogen and oxygen atoms in total. The van der Waals surface area contributed by atoms with Gasteiger partial charge in [-0.15, -0.1) is 0 Å². The Bertz CT molecular complexity index is 613. The Labute approximate surface area is 126 Å². The number of benzene rings is 2. The molecule has 20 heavy (non-hydrogen) atoms. The van der Waals surface area contributed by atoms with E-state index >= 15 is 0 Å². The Balaban J connectivity index is 2.04. The zero-order valence-corrected chi connectivity index (χ0v) is 13.0. The summed E-state index contributed by atoms with van der Waals surface area (Å²) in [5.74, 6) is -0.472. The zero-order chi connectivity index (χ0) is 14.7. The molecule has 0 fully saturated rings. The van der Waals surface area contributed by atoms with Crippen molar-refractivity contribution in [2.45, 2.75) is 26.4 Å². The molecule has 0 amide bonds. The number of halogens is 3. The molecule has 0 radical (unpaired) electrons. The standard InChI is InChI=1S/C16H16BrF2N/c1-10-3-4-12(7-15(10)18)11(2)20-9-13-5-6-14(17)8-16(13)19/h3-8,11,20H,9H2,1-2H3. The third kappa shape index (κ3) is 3.64. The molecule has 1 N–H and O–H groups in total. The molecular weight excluding hydrogens is 324 g/mol. The minimum Gasteiger partial charge on any atom is -0.306 e. The lowest BCUT2D eigenvalue weighted by atomic mass is 10.1. The van der Waals surface area contributed by atoms with Crippen LogP contribution < -0.4 is 5.32 Å². The Kier molecular flexibility index (Phi) is 4.89. The summed E-state index contributed by atoms with van der Waals surface area (Å²) in [6.45, 7) is 4.06. The average molecular weight is 340 g/mol. The second-order valence-electron chi connectivity index (χ2n) is 4.85. The second kappa shape index (κ2) is 6.46. The van der Waals surface area contributed by atoms with Crippen molar-refractivity contribution in [3.8, 4) is 0 Å². The summed E-state index contributed by atoms with van der Waals surface area (Å²) in [7, 11) is 0. The molecule has 0 saturated heterocycles. The highest BCUT2D eigenvalue weighted by Gasteiger charge is 2.09. The lowest BCUT2D eigenvalue weighted by Crippen LogP contribution is -2.19. The smallest absolute Gasteiger partial charge is 0.128 e. The molecule has 106 valence electrons. The lowest BCUT2D eigenvalue weighted by Gasteiger charge is -2.15. The predicted molar refractivity (Wildman–Crippen MR) is 80.5 cm³/mol. The van der Waals surface area contributed by atoms with Gasteiger partial charge >= 0.3 is 0 Å². The molecule has 4 heteroatoms. The van der Waals surface area contributed by atoms with Crippen molar-refractivity contribution >= 4 is 15.9 Å². The van der Waals surface area contributed by atoms with Crippen LogP contribution in [0.4, 0.5) is 8.78 Å². The van der Waals surface area contributed by atoms with E-state index in [4.69, 9.17) is 0 Å². The molecule has 0 aliphatic heterocycles. The number of aryl methyl sites for hydroxylation is 1. The van der Waals surface area contributed by atoms with Gasteiger partial charge in [-0.05, 0) is 43.2 Å². The molecule has 0 bridgehead atoms. The Morgan fingerprint density at radius 1 is 1.10 bits per heavy atom. The quantitative estimate of drug-likeness (QED) is 0.836. The van der Waals surface area contributed by atoms with Crippen LogP contribution in [0.1, 0.15) is 29.7 Å². The monoisotopic (exact) mass is 339 g/mol. The fourth-order valence-electron chi connectivity index (χ4n) is 1.92. The molecule has 2 rings (SSSR count). The van der Waals surface area contributed by atoms with Crippen molar-refractivity contribution < 1.29 is 8.78 Å². The van der Waals surface area contributed by atoms with Crippen LogP contribution in [0.15, 0.2) is 40.9 Å². The molecule has 0 heterocycles. The van der Waals surface area contributed by atoms with Crippen LogP contribution in [-0.2, 0) is 6.54 Å². The summed E-state index contributed by atoms with van der Waals surface area (Å²) >= 11 is 3.23. The van der Waals surface area contributed by atoms with Gasteiger partial charge in [0.05, 0.1) is 0 Å². The summed E-state index contributed by atoms with van der Waals surface area (Å²) in [4.78, 5) is 0. The van der Waals surface area contributed by atoms with Crippen LogP contribution in [0.3, 0.4) is 0 Å². The molecule has 0 aliphatic rings. The Morgan fingerprint density at radius 2 is 1.85 bits per heavy atom. The zero-order valence-electron chi connectivity index (χ0n) is 11.4. The van der Waals surface area contributed by atoms with E-state index < -0.39 is 0 Å². The fourth-order valence-corrected chi connectivity index (χ4v) is 2.26. The van der Waals surface area contributed by atoms with E-state index in [-0.39, 0.29) is 17.7 Å². The Morgan fingerprint density at radius 3 is 2.50 bits per heavy atom. The van der Waals surface area contributed by atoms with E-state index in [1.807, 2.05) is 13.0 Å². The number of rotatable bonds is 4. The third-order valence-corrected chi connectivity index (χ3v) is 3.80. The molecule has 2 aromatic rings. The van der Waals surface area contributed by atoms with Crippen LogP contribution >= 0.6 is 15.9 Å². The molecule has 2 aromatic carbocycles. The van der Waals surface area contributed by atoms with Gasteiger partial charge in [0.25, 0.3) is 0 Å². The van der Waals surface area contributed by atoms with Gasteiger partial charge in [0.15, 0.2) is 0 Å². The lowest BCUT2D eigenvalue weighted by molar-refractivity contribution is 0.539. The third-order valence-electron chi connectivity index (χ3n) is 3.31. The highest BCUT2D eigenvalue weighted by molar-refractivity contribution is 9.10. The number of hydrogen-bond donors (Lipinski definition) is 1. The number of nitrogens with one attached hydrogen (secondary N) is 1. The molecule has 0 aliphatic carbocycles. The van der Waals surface area contributed by atoms with Crippen molar-refractivity contribution in [2.24, 2.45) is 0 Å². The van der Waals surface area contributed by atoms with Gasteiger partial charge in [0.1, 0.15) is 11.6 Å². The van der Waals surface area contributed by atoms with Crippen LogP contribution in [0.5, 0.6) is 0 Å². The predicted octanol–water partition coefficient (Wildman–Crippen LogP) is 4.89. The molecule has 0 aromatic heterocycles. The van der Waals surface area contributed by atoms with Gasteiger partial charge in [-0.2, -0.15) is 0 Å². The normalized spacial score (nSPS) is 12.4. The Hall–Kier alpha value is -1.26. The van der Waals surface area contributed by atoms with Crippen molar-refractivity contribution in [3.63, 3.8) is 0 Å². The van der Waals surface area contributed by atoms with Crippen LogP contribution in [0.25, 0.3) is 0 Å². The number of hydrogen-bond acceptors (Lipinski definition) is 1. The van der Waals surface area contributed by atoms with Crippen molar-refractivity contribution in [3.05, 3.63) is 69.2 Å². The van der Waals surface area contributed by atoms with E-state index in [1.54, 1.807) is 25.1 Å². The first kappa shape index (κ1) is 15.1. The SMILES string of the molecule is Cc1ccc(C(C)NCc2ccc(Br)cc2F)cc1F. The first-order valence-corrected chi connectivity index (χ1v) is 7.20. The van der Waals surface area contributed by atoms with E-state index in [9.17, 15) is 8.78 Å². The fraction of sp³-hybridized carbons (Fsp3) is 0.250. The topological polar surface area (TPSA) is 12.0 Å². The summed E-state index contributed by atoms with van der Waals surface area (Å²) in [5.41, 5.74) is 2.07. The maximum atomic E-state index is 13.7. The van der Waals surface area contributed by atoms with Crippen molar-refractivity contribution in [1.82, 2.24) is 5.32 Å². The van der Waals surface area contributed by atoms with Gasteiger partial charge in [-0.3, -0.25) is 0 Å². The van der Waals surface area contributed by atoms with Crippen LogP contribution in [-0.4, -0.2) is 0 Å². The summed E-state index contributed by atoms with van der Waals surface area (Å²) in [6, 6.07) is 10.1. The largest absolute Gasteiger partial charge is 0.306 e. The maximum Gasteiger partial charge on any atom is 0.128 e. The maximum absolute atomic E-state index is 13.7. The molecular formula is C16H16BrF2N. The molecule has 1 unspecified atom stereocenters. The van der Waals surface area contributed by atoms with Crippen LogP contribution in [0.2, 0.25) is 0 Å². The second-order valence-corrected chi connectivity index (χ2v) is 5.76. The van der Waals surface area contributed by atoms with Gasteiger partial charge in [0, 0.05) is 22.6 Å². The van der Waals surface area contributed by atoms with E-state index in [2.05, 4.69) is 21.2 Å².